The fourth-order valence-electron chi connectivity index (χ4n) is 3.24. The lowest BCUT2D eigenvalue weighted by Gasteiger charge is -2.12. The van der Waals surface area contributed by atoms with Crippen LogP contribution in [-0.4, -0.2) is 56.1 Å². The smallest absolute Gasteiger partial charge is 0.220 e. The molecular formula is C17H24N6O2. The van der Waals surface area contributed by atoms with Crippen LogP contribution < -0.4 is 5.32 Å². The van der Waals surface area contributed by atoms with Gasteiger partial charge in [-0.3, -0.25) is 9.59 Å². The van der Waals surface area contributed by atoms with Gasteiger partial charge in [-0.05, 0) is 12.8 Å². The third kappa shape index (κ3) is 3.78. The first-order chi connectivity index (χ1) is 12.1. The number of hydrogen-bond donors (Lipinski definition) is 1. The van der Waals surface area contributed by atoms with Gasteiger partial charge in [0, 0.05) is 51.3 Å². The van der Waals surface area contributed by atoms with Gasteiger partial charge in [0.2, 0.25) is 11.8 Å². The van der Waals surface area contributed by atoms with E-state index in [0.717, 1.165) is 36.2 Å². The summed E-state index contributed by atoms with van der Waals surface area (Å²) in [4.78, 5) is 33.9. The Bertz CT molecular complexity index is 772. The SMILES string of the molecule is CCCC(=O)NCCn1nc([C@H]2CCN(C(C)=O)C2)c2nccnc21. The van der Waals surface area contributed by atoms with Crippen molar-refractivity contribution in [2.75, 3.05) is 19.6 Å². The standard InChI is InChI=1S/C17H24N6O2/c1-3-4-14(25)18-8-10-23-17-16(19-6-7-20-17)15(21-23)13-5-9-22(11-13)12(2)24/h6-7,13H,3-5,8-11H2,1-2H3,(H,18,25)/t13-/m0/s1. The molecule has 0 spiro atoms. The molecule has 0 aromatic carbocycles. The number of nitrogens with one attached hydrogen (secondary N) is 1. The lowest BCUT2D eigenvalue weighted by atomic mass is 10.0. The molecule has 25 heavy (non-hydrogen) atoms. The van der Waals surface area contributed by atoms with Crippen LogP contribution in [0, 0.1) is 0 Å². The number of amides is 2. The second-order valence-corrected chi connectivity index (χ2v) is 6.39. The summed E-state index contributed by atoms with van der Waals surface area (Å²) in [5.41, 5.74) is 2.41. The molecule has 8 nitrogen and oxygen atoms in total. The van der Waals surface area contributed by atoms with Crippen molar-refractivity contribution < 1.29 is 9.59 Å². The molecule has 2 amide bonds. The van der Waals surface area contributed by atoms with Gasteiger partial charge in [0.15, 0.2) is 5.65 Å². The molecule has 3 heterocycles. The van der Waals surface area contributed by atoms with E-state index in [9.17, 15) is 9.59 Å². The molecule has 8 heteroatoms. The Balaban J connectivity index is 1.77. The topological polar surface area (TPSA) is 93.0 Å². The Hall–Kier alpha value is -2.51. The monoisotopic (exact) mass is 344 g/mol. The van der Waals surface area contributed by atoms with Crippen molar-refractivity contribution in [1.29, 1.82) is 0 Å². The number of nitrogens with zero attached hydrogens (tertiary/aromatic N) is 5. The zero-order chi connectivity index (χ0) is 17.8. The van der Waals surface area contributed by atoms with Crippen LogP contribution in [0.2, 0.25) is 0 Å². The van der Waals surface area contributed by atoms with E-state index in [1.54, 1.807) is 24.0 Å². The summed E-state index contributed by atoms with van der Waals surface area (Å²) in [5.74, 6) is 0.327. The van der Waals surface area contributed by atoms with E-state index < -0.39 is 0 Å². The first-order valence-electron chi connectivity index (χ1n) is 8.79. The van der Waals surface area contributed by atoms with Crippen molar-refractivity contribution in [2.24, 2.45) is 0 Å². The third-order valence-electron chi connectivity index (χ3n) is 4.54. The number of fused-ring (bicyclic) bond motifs is 1. The number of carbonyl (C=O) groups excluding carboxylic acids is 2. The molecule has 1 saturated heterocycles. The van der Waals surface area contributed by atoms with Crippen molar-refractivity contribution in [1.82, 2.24) is 30.0 Å². The molecule has 134 valence electrons. The summed E-state index contributed by atoms with van der Waals surface area (Å²) in [5, 5.41) is 7.61. The minimum Gasteiger partial charge on any atom is -0.354 e. The van der Waals surface area contributed by atoms with Crippen LogP contribution in [0.5, 0.6) is 0 Å². The highest BCUT2D eigenvalue weighted by Crippen LogP contribution is 2.30. The van der Waals surface area contributed by atoms with Crippen LogP contribution in [0.15, 0.2) is 12.4 Å². The summed E-state index contributed by atoms with van der Waals surface area (Å²) in [6, 6.07) is 0. The van der Waals surface area contributed by atoms with E-state index in [-0.39, 0.29) is 17.7 Å². The van der Waals surface area contributed by atoms with Gasteiger partial charge >= 0.3 is 0 Å². The summed E-state index contributed by atoms with van der Waals surface area (Å²) in [6.07, 6.45) is 5.57. The first-order valence-corrected chi connectivity index (χ1v) is 8.79. The van der Waals surface area contributed by atoms with Crippen molar-refractivity contribution in [3.8, 4) is 0 Å². The fraction of sp³-hybridized carbons (Fsp3) is 0.588. The summed E-state index contributed by atoms with van der Waals surface area (Å²) in [6.45, 7) is 6.06. The molecule has 0 aliphatic carbocycles. The average Bonchev–Trinajstić information content (AvgIpc) is 3.20. The second kappa shape index (κ2) is 7.58. The van der Waals surface area contributed by atoms with Gasteiger partial charge in [0.25, 0.3) is 0 Å². The zero-order valence-electron chi connectivity index (χ0n) is 14.7. The molecule has 1 aliphatic rings. The van der Waals surface area contributed by atoms with E-state index in [0.29, 0.717) is 26.1 Å². The van der Waals surface area contributed by atoms with Crippen LogP contribution >= 0.6 is 0 Å². The van der Waals surface area contributed by atoms with E-state index in [1.807, 2.05) is 11.8 Å². The summed E-state index contributed by atoms with van der Waals surface area (Å²) in [7, 11) is 0. The Labute approximate surface area is 146 Å². The van der Waals surface area contributed by atoms with E-state index in [2.05, 4.69) is 15.3 Å². The van der Waals surface area contributed by atoms with Gasteiger partial charge in [-0.25, -0.2) is 14.6 Å². The molecule has 3 rings (SSSR count). The van der Waals surface area contributed by atoms with Gasteiger partial charge in [-0.1, -0.05) is 6.92 Å². The van der Waals surface area contributed by atoms with E-state index in [4.69, 9.17) is 5.10 Å². The van der Waals surface area contributed by atoms with Crippen molar-refractivity contribution in [3.05, 3.63) is 18.1 Å². The number of hydrogen-bond acceptors (Lipinski definition) is 5. The Morgan fingerprint density at radius 1 is 1.32 bits per heavy atom. The number of rotatable bonds is 6. The highest BCUT2D eigenvalue weighted by molar-refractivity contribution is 5.76. The van der Waals surface area contributed by atoms with Gasteiger partial charge in [0.05, 0.1) is 12.2 Å². The highest BCUT2D eigenvalue weighted by atomic mass is 16.2. The molecule has 1 fully saturated rings. The van der Waals surface area contributed by atoms with E-state index >= 15 is 0 Å². The average molecular weight is 344 g/mol. The first kappa shape index (κ1) is 17.3. The van der Waals surface area contributed by atoms with Gasteiger partial charge < -0.3 is 10.2 Å². The normalized spacial score (nSPS) is 17.2. The largest absolute Gasteiger partial charge is 0.354 e. The minimum atomic E-state index is 0.0539. The maximum absolute atomic E-state index is 11.6. The van der Waals surface area contributed by atoms with Gasteiger partial charge in [0.1, 0.15) is 5.52 Å². The quantitative estimate of drug-likeness (QED) is 0.846. The Morgan fingerprint density at radius 3 is 2.84 bits per heavy atom. The van der Waals surface area contributed by atoms with Crippen LogP contribution in [0.25, 0.3) is 11.2 Å². The highest BCUT2D eigenvalue weighted by Gasteiger charge is 2.30. The predicted molar refractivity (Wildman–Crippen MR) is 92.9 cm³/mol. The molecule has 1 atom stereocenters. The maximum Gasteiger partial charge on any atom is 0.220 e. The Kier molecular flexibility index (Phi) is 5.25. The van der Waals surface area contributed by atoms with Crippen molar-refractivity contribution in [3.63, 3.8) is 0 Å². The fourth-order valence-corrected chi connectivity index (χ4v) is 3.24. The van der Waals surface area contributed by atoms with Crippen LogP contribution in [-0.2, 0) is 16.1 Å². The summed E-state index contributed by atoms with van der Waals surface area (Å²) < 4.78 is 1.81. The molecule has 2 aromatic heterocycles. The molecule has 0 radical (unpaired) electrons. The minimum absolute atomic E-state index is 0.0539. The summed E-state index contributed by atoms with van der Waals surface area (Å²) >= 11 is 0. The maximum atomic E-state index is 11.6. The molecule has 2 aromatic rings. The van der Waals surface area contributed by atoms with Crippen molar-refractivity contribution >= 4 is 23.0 Å². The lowest BCUT2D eigenvalue weighted by molar-refractivity contribution is -0.127. The van der Waals surface area contributed by atoms with Crippen LogP contribution in [0.1, 0.15) is 44.7 Å². The van der Waals surface area contributed by atoms with Gasteiger partial charge in [-0.2, -0.15) is 5.10 Å². The van der Waals surface area contributed by atoms with Crippen molar-refractivity contribution in [2.45, 2.75) is 45.6 Å². The second-order valence-electron chi connectivity index (χ2n) is 6.39. The molecule has 1 aliphatic heterocycles. The number of aromatic nitrogens is 4. The molecule has 0 bridgehead atoms. The van der Waals surface area contributed by atoms with Crippen LogP contribution in [0.3, 0.4) is 0 Å². The zero-order valence-corrected chi connectivity index (χ0v) is 14.7. The number of likely N-dealkylation sites (tertiary alicyclic amines) is 1. The molecule has 0 unspecified atom stereocenters. The van der Waals surface area contributed by atoms with Crippen LogP contribution in [0.4, 0.5) is 0 Å². The molecule has 1 N–H and O–H groups in total. The van der Waals surface area contributed by atoms with Gasteiger partial charge in [-0.15, -0.1) is 0 Å². The molecule has 0 saturated carbocycles. The Morgan fingerprint density at radius 2 is 2.12 bits per heavy atom. The molecular weight excluding hydrogens is 320 g/mol. The third-order valence-corrected chi connectivity index (χ3v) is 4.54. The van der Waals surface area contributed by atoms with E-state index in [1.165, 1.54) is 0 Å². The number of carbonyl (C=O) groups is 2. The predicted octanol–water partition coefficient (Wildman–Crippen LogP) is 1.08. The lowest BCUT2D eigenvalue weighted by Crippen LogP contribution is -2.27.